The predicted octanol–water partition coefficient (Wildman–Crippen LogP) is 13.8. The highest BCUT2D eigenvalue weighted by Crippen LogP contribution is 2.45. The molecule has 0 bridgehead atoms. The largest absolute Gasteiger partial charge is 0.456 e. The summed E-state index contributed by atoms with van der Waals surface area (Å²) in [7, 11) is 0. The van der Waals surface area contributed by atoms with Gasteiger partial charge in [-0.25, -0.2) is 0 Å². The van der Waals surface area contributed by atoms with E-state index in [9.17, 15) is 0 Å². The first-order valence-corrected chi connectivity index (χ1v) is 17.1. The Morgan fingerprint density at radius 1 is 0.320 bits per heavy atom. The number of hydrogen-bond acceptors (Lipinski definition) is 2. The molecule has 0 atom stereocenters. The molecule has 0 unspecified atom stereocenters. The highest BCUT2D eigenvalue weighted by Gasteiger charge is 2.20. The standard InChI is InChI=1S/C48H31NO/c1-3-18-37-32(13-1)15-12-24-40(37)42-22-7-9-25-46(42)49(36-27-28-44-43-23-8-10-26-47(43)50-48(44)31-36)35-17-11-16-33(29-35)45-30-34-14-2-4-19-38(34)39-20-5-6-21-41(39)45/h1-31H. The SMILES string of the molecule is c1cc(-c2cc3ccccc3c3ccccc23)cc(N(c2ccc3c(c2)oc2ccccc23)c2ccccc2-c2cccc3ccccc23)c1. The summed E-state index contributed by atoms with van der Waals surface area (Å²) in [4.78, 5) is 2.39. The molecule has 1 aromatic heterocycles. The Morgan fingerprint density at radius 3 is 1.84 bits per heavy atom. The van der Waals surface area contributed by atoms with Crippen molar-refractivity contribution >= 4 is 71.3 Å². The van der Waals surface area contributed by atoms with Crippen molar-refractivity contribution in [3.05, 3.63) is 188 Å². The summed E-state index contributed by atoms with van der Waals surface area (Å²) < 4.78 is 6.44. The van der Waals surface area contributed by atoms with Gasteiger partial charge in [0.25, 0.3) is 0 Å². The highest BCUT2D eigenvalue weighted by atomic mass is 16.3. The molecule has 50 heavy (non-hydrogen) atoms. The summed E-state index contributed by atoms with van der Waals surface area (Å²) in [6.45, 7) is 0. The zero-order chi connectivity index (χ0) is 33.0. The van der Waals surface area contributed by atoms with Crippen molar-refractivity contribution in [2.75, 3.05) is 4.90 Å². The second kappa shape index (κ2) is 11.5. The monoisotopic (exact) mass is 637 g/mol. The van der Waals surface area contributed by atoms with Crippen molar-refractivity contribution in [2.45, 2.75) is 0 Å². The van der Waals surface area contributed by atoms with Gasteiger partial charge in [0.15, 0.2) is 0 Å². The van der Waals surface area contributed by atoms with E-state index in [2.05, 4.69) is 181 Å². The molecule has 0 N–H and O–H groups in total. The third-order valence-corrected chi connectivity index (χ3v) is 10.0. The van der Waals surface area contributed by atoms with Crippen molar-refractivity contribution in [2.24, 2.45) is 0 Å². The molecule has 1 heterocycles. The fourth-order valence-corrected chi connectivity index (χ4v) is 7.74. The summed E-state index contributed by atoms with van der Waals surface area (Å²) >= 11 is 0. The fraction of sp³-hybridized carbons (Fsp3) is 0. The molecule has 0 spiro atoms. The van der Waals surface area contributed by atoms with E-state index >= 15 is 0 Å². The van der Waals surface area contributed by atoms with Crippen molar-refractivity contribution in [3.8, 4) is 22.3 Å². The molecule has 0 aliphatic carbocycles. The Balaban J connectivity index is 1.23. The number of hydrogen-bond donors (Lipinski definition) is 0. The number of fused-ring (bicyclic) bond motifs is 7. The van der Waals surface area contributed by atoms with Crippen molar-refractivity contribution in [3.63, 3.8) is 0 Å². The van der Waals surface area contributed by atoms with Crippen molar-refractivity contribution in [1.29, 1.82) is 0 Å². The van der Waals surface area contributed by atoms with Crippen LogP contribution in [0.5, 0.6) is 0 Å². The van der Waals surface area contributed by atoms with E-state index in [0.29, 0.717) is 0 Å². The lowest BCUT2D eigenvalue weighted by Crippen LogP contribution is -2.11. The predicted molar refractivity (Wildman–Crippen MR) is 212 cm³/mol. The first kappa shape index (κ1) is 28.4. The minimum absolute atomic E-state index is 0.869. The summed E-state index contributed by atoms with van der Waals surface area (Å²) in [5.74, 6) is 0. The molecule has 10 rings (SSSR count). The minimum atomic E-state index is 0.869. The second-order valence-corrected chi connectivity index (χ2v) is 12.9. The van der Waals surface area contributed by atoms with Crippen LogP contribution in [0.15, 0.2) is 192 Å². The Labute approximate surface area is 290 Å². The third kappa shape index (κ3) is 4.57. The van der Waals surface area contributed by atoms with Crippen LogP contribution in [-0.2, 0) is 0 Å². The normalized spacial score (nSPS) is 11.6. The molecule has 0 saturated heterocycles. The van der Waals surface area contributed by atoms with E-state index in [1.54, 1.807) is 0 Å². The molecule has 234 valence electrons. The molecule has 0 aliphatic rings. The lowest BCUT2D eigenvalue weighted by molar-refractivity contribution is 0.669. The van der Waals surface area contributed by atoms with Crippen LogP contribution in [0.2, 0.25) is 0 Å². The smallest absolute Gasteiger partial charge is 0.137 e. The maximum Gasteiger partial charge on any atom is 0.137 e. The summed E-state index contributed by atoms with van der Waals surface area (Å²) in [5, 5.41) is 9.71. The fourth-order valence-electron chi connectivity index (χ4n) is 7.74. The summed E-state index contributed by atoms with van der Waals surface area (Å²) in [5.41, 5.74) is 9.71. The van der Waals surface area contributed by atoms with E-state index in [1.807, 2.05) is 12.1 Å². The van der Waals surface area contributed by atoms with Gasteiger partial charge in [-0.1, -0.05) is 140 Å². The molecular weight excluding hydrogens is 607 g/mol. The summed E-state index contributed by atoms with van der Waals surface area (Å²) in [6.07, 6.45) is 0. The van der Waals surface area contributed by atoms with Gasteiger partial charge in [-0.05, 0) is 91.5 Å². The van der Waals surface area contributed by atoms with Gasteiger partial charge in [-0.2, -0.15) is 0 Å². The number of rotatable bonds is 5. The molecule has 2 heteroatoms. The number of nitrogens with zero attached hydrogens (tertiary/aromatic N) is 1. The highest BCUT2D eigenvalue weighted by molar-refractivity contribution is 6.14. The van der Waals surface area contributed by atoms with Gasteiger partial charge in [0.2, 0.25) is 0 Å². The number of para-hydroxylation sites is 2. The Hall–Kier alpha value is -6.64. The Bertz CT molecular complexity index is 2890. The maximum absolute atomic E-state index is 6.44. The number of furan rings is 1. The van der Waals surface area contributed by atoms with Gasteiger partial charge < -0.3 is 9.32 Å². The van der Waals surface area contributed by atoms with Crippen molar-refractivity contribution in [1.82, 2.24) is 0 Å². The topological polar surface area (TPSA) is 16.4 Å². The van der Waals surface area contributed by atoms with Crippen LogP contribution < -0.4 is 4.90 Å². The van der Waals surface area contributed by atoms with E-state index in [4.69, 9.17) is 4.42 Å². The van der Waals surface area contributed by atoms with Gasteiger partial charge in [0.1, 0.15) is 11.2 Å². The van der Waals surface area contributed by atoms with Crippen LogP contribution in [-0.4, -0.2) is 0 Å². The molecule has 0 radical (unpaired) electrons. The van der Waals surface area contributed by atoms with Gasteiger partial charge >= 0.3 is 0 Å². The first-order chi connectivity index (χ1) is 24.8. The van der Waals surface area contributed by atoms with Crippen LogP contribution in [0.4, 0.5) is 17.1 Å². The van der Waals surface area contributed by atoms with Crippen LogP contribution in [0.25, 0.3) is 76.5 Å². The third-order valence-electron chi connectivity index (χ3n) is 10.0. The zero-order valence-corrected chi connectivity index (χ0v) is 27.3. The number of anilines is 3. The summed E-state index contributed by atoms with van der Waals surface area (Å²) in [6, 6.07) is 67.6. The zero-order valence-electron chi connectivity index (χ0n) is 27.3. The second-order valence-electron chi connectivity index (χ2n) is 12.9. The molecular formula is C48H31NO. The lowest BCUT2D eigenvalue weighted by atomic mass is 9.93. The van der Waals surface area contributed by atoms with Gasteiger partial charge in [-0.3, -0.25) is 0 Å². The Morgan fingerprint density at radius 2 is 0.940 bits per heavy atom. The average molecular weight is 638 g/mol. The lowest BCUT2D eigenvalue weighted by Gasteiger charge is -2.28. The molecule has 9 aromatic carbocycles. The average Bonchev–Trinajstić information content (AvgIpc) is 3.56. The minimum Gasteiger partial charge on any atom is -0.456 e. The van der Waals surface area contributed by atoms with Crippen LogP contribution in [0.1, 0.15) is 0 Å². The van der Waals surface area contributed by atoms with E-state index in [1.165, 1.54) is 49.0 Å². The van der Waals surface area contributed by atoms with Crippen LogP contribution >= 0.6 is 0 Å². The van der Waals surface area contributed by atoms with E-state index in [0.717, 1.165) is 44.6 Å². The van der Waals surface area contributed by atoms with Crippen LogP contribution in [0, 0.1) is 0 Å². The quantitative estimate of drug-likeness (QED) is 0.175. The van der Waals surface area contributed by atoms with Crippen LogP contribution in [0.3, 0.4) is 0 Å². The van der Waals surface area contributed by atoms with Crippen molar-refractivity contribution < 1.29 is 4.42 Å². The van der Waals surface area contributed by atoms with Gasteiger partial charge in [-0.15, -0.1) is 0 Å². The molecule has 10 aromatic rings. The van der Waals surface area contributed by atoms with Gasteiger partial charge in [0.05, 0.1) is 5.69 Å². The van der Waals surface area contributed by atoms with Gasteiger partial charge in [0, 0.05) is 33.8 Å². The van der Waals surface area contributed by atoms with E-state index in [-0.39, 0.29) is 0 Å². The maximum atomic E-state index is 6.44. The molecule has 2 nitrogen and oxygen atoms in total. The first-order valence-electron chi connectivity index (χ1n) is 17.1. The molecule has 0 saturated carbocycles. The molecule has 0 aliphatic heterocycles. The van der Waals surface area contributed by atoms with E-state index < -0.39 is 0 Å². The molecule has 0 fully saturated rings. The molecule has 0 amide bonds. The Kier molecular flexibility index (Phi) is 6.53. The number of benzene rings is 9.